The van der Waals surface area contributed by atoms with Crippen molar-refractivity contribution in [2.45, 2.75) is 25.7 Å². The van der Waals surface area contributed by atoms with Crippen LogP contribution < -0.4 is 4.90 Å². The number of hydrogen-bond donors (Lipinski definition) is 0. The van der Waals surface area contributed by atoms with Gasteiger partial charge in [0.1, 0.15) is 0 Å². The molecule has 5 rings (SSSR count). The summed E-state index contributed by atoms with van der Waals surface area (Å²) in [6.45, 7) is 4.23. The zero-order valence-corrected chi connectivity index (χ0v) is 18.5. The van der Waals surface area contributed by atoms with E-state index >= 15 is 0 Å². The fourth-order valence-corrected chi connectivity index (χ4v) is 4.76. The molecule has 1 atom stereocenters. The van der Waals surface area contributed by atoms with Crippen LogP contribution in [0, 0.1) is 6.92 Å². The van der Waals surface area contributed by atoms with E-state index in [9.17, 15) is 9.59 Å². The van der Waals surface area contributed by atoms with Gasteiger partial charge in [0, 0.05) is 37.6 Å². The Kier molecular flexibility index (Phi) is 5.43. The summed E-state index contributed by atoms with van der Waals surface area (Å²) in [5, 5.41) is 0.669. The molecule has 0 unspecified atom stereocenters. The lowest BCUT2D eigenvalue weighted by atomic mass is 9.81. The Balaban J connectivity index is 1.35. The van der Waals surface area contributed by atoms with E-state index in [-0.39, 0.29) is 17.6 Å². The molecule has 2 aromatic heterocycles. The number of carbonyl (C=O) groups excluding carboxylic acids is 2. The van der Waals surface area contributed by atoms with Crippen LogP contribution in [0.5, 0.6) is 0 Å². The number of Topliss-reactive ketones (excluding diaryl/α,β-unsaturated/α-hetero) is 1. The molecule has 0 spiro atoms. The summed E-state index contributed by atoms with van der Waals surface area (Å²) < 4.78 is 5.23. The SMILES string of the molecule is Cc1nc(N2CCN(C(=O)c3ccco3)CC2)nc2c1C(=O)C[C@@H](c1cccc(Cl)c1)C2. The van der Waals surface area contributed by atoms with Crippen LogP contribution in [0.1, 0.15) is 50.2 Å². The molecule has 1 aliphatic heterocycles. The highest BCUT2D eigenvalue weighted by Gasteiger charge is 2.31. The zero-order chi connectivity index (χ0) is 22.2. The third kappa shape index (κ3) is 3.88. The number of furan rings is 1. The van der Waals surface area contributed by atoms with Gasteiger partial charge in [0.2, 0.25) is 5.95 Å². The Morgan fingerprint density at radius 3 is 2.62 bits per heavy atom. The van der Waals surface area contributed by atoms with Crippen LogP contribution in [0.25, 0.3) is 0 Å². The van der Waals surface area contributed by atoms with Crippen molar-refractivity contribution in [3.63, 3.8) is 0 Å². The summed E-state index contributed by atoms with van der Waals surface area (Å²) in [6, 6.07) is 11.1. The van der Waals surface area contributed by atoms with E-state index in [2.05, 4.69) is 9.88 Å². The van der Waals surface area contributed by atoms with Crippen molar-refractivity contribution in [2.75, 3.05) is 31.1 Å². The molecule has 2 aliphatic rings. The van der Waals surface area contributed by atoms with Crippen LogP contribution in [0.4, 0.5) is 5.95 Å². The number of hydrogen-bond acceptors (Lipinski definition) is 6. The Bertz CT molecular complexity index is 1170. The quantitative estimate of drug-likeness (QED) is 0.602. The first-order chi connectivity index (χ1) is 15.5. The van der Waals surface area contributed by atoms with Crippen molar-refractivity contribution in [2.24, 2.45) is 0 Å². The number of carbonyl (C=O) groups is 2. The summed E-state index contributed by atoms with van der Waals surface area (Å²) in [5.41, 5.74) is 3.22. The maximum absolute atomic E-state index is 12.9. The van der Waals surface area contributed by atoms with Crippen molar-refractivity contribution < 1.29 is 14.0 Å². The van der Waals surface area contributed by atoms with Gasteiger partial charge in [-0.15, -0.1) is 0 Å². The lowest BCUT2D eigenvalue weighted by Gasteiger charge is -2.35. The van der Waals surface area contributed by atoms with Crippen LogP contribution in [0.2, 0.25) is 5.02 Å². The second kappa shape index (κ2) is 8.39. The summed E-state index contributed by atoms with van der Waals surface area (Å²) in [5.74, 6) is 0.996. The molecule has 1 amide bonds. The molecule has 1 aliphatic carbocycles. The van der Waals surface area contributed by atoms with E-state index in [1.807, 2.05) is 31.2 Å². The molecular formula is C24H23ClN4O3. The largest absolute Gasteiger partial charge is 0.459 e. The summed E-state index contributed by atoms with van der Waals surface area (Å²) >= 11 is 6.17. The van der Waals surface area contributed by atoms with Gasteiger partial charge in [-0.1, -0.05) is 23.7 Å². The van der Waals surface area contributed by atoms with Gasteiger partial charge >= 0.3 is 0 Å². The molecule has 0 saturated carbocycles. The molecule has 3 heterocycles. The van der Waals surface area contributed by atoms with Crippen LogP contribution in [0.3, 0.4) is 0 Å². The lowest BCUT2D eigenvalue weighted by molar-refractivity contribution is 0.0713. The number of halogens is 1. The van der Waals surface area contributed by atoms with Gasteiger partial charge in [0.15, 0.2) is 11.5 Å². The smallest absolute Gasteiger partial charge is 0.289 e. The molecule has 0 radical (unpaired) electrons. The van der Waals surface area contributed by atoms with E-state index in [0.717, 1.165) is 11.3 Å². The molecule has 3 aromatic rings. The number of fused-ring (bicyclic) bond motifs is 1. The predicted octanol–water partition coefficient (Wildman–Crippen LogP) is 3.91. The Labute approximate surface area is 191 Å². The number of aromatic nitrogens is 2. The second-order valence-electron chi connectivity index (χ2n) is 8.27. The van der Waals surface area contributed by atoms with Crippen molar-refractivity contribution >= 4 is 29.2 Å². The lowest BCUT2D eigenvalue weighted by Crippen LogP contribution is -2.49. The first kappa shape index (κ1) is 20.7. The van der Waals surface area contributed by atoms with Crippen LogP contribution >= 0.6 is 11.6 Å². The molecule has 32 heavy (non-hydrogen) atoms. The zero-order valence-electron chi connectivity index (χ0n) is 17.8. The van der Waals surface area contributed by atoms with Gasteiger partial charge in [-0.25, -0.2) is 9.97 Å². The fraction of sp³-hybridized carbons (Fsp3) is 0.333. The van der Waals surface area contributed by atoms with Gasteiger partial charge in [0.25, 0.3) is 5.91 Å². The maximum atomic E-state index is 12.9. The second-order valence-corrected chi connectivity index (χ2v) is 8.71. The van der Waals surface area contributed by atoms with Crippen molar-refractivity contribution in [3.05, 3.63) is 76.0 Å². The predicted molar refractivity (Wildman–Crippen MR) is 120 cm³/mol. The van der Waals surface area contributed by atoms with Gasteiger partial charge in [-0.05, 0) is 49.1 Å². The van der Waals surface area contributed by atoms with Gasteiger partial charge in [0.05, 0.1) is 23.2 Å². The number of piperazine rings is 1. The summed E-state index contributed by atoms with van der Waals surface area (Å²) in [6.07, 6.45) is 2.62. The Hall–Kier alpha value is -3.19. The van der Waals surface area contributed by atoms with Crippen molar-refractivity contribution in [1.82, 2.24) is 14.9 Å². The first-order valence-corrected chi connectivity index (χ1v) is 11.1. The molecule has 164 valence electrons. The normalized spacial score (nSPS) is 18.6. The standard InChI is InChI=1S/C24H23ClN4O3/c1-15-22-19(13-17(14-20(22)30)16-4-2-5-18(25)12-16)27-24(26-15)29-9-7-28(8-10-29)23(31)21-6-3-11-32-21/h2-6,11-12,17H,7-10,13-14H2,1H3/t17-/m0/s1. The van der Waals surface area contributed by atoms with E-state index in [0.29, 0.717) is 67.0 Å². The van der Waals surface area contributed by atoms with Crippen LogP contribution in [0.15, 0.2) is 47.1 Å². The highest BCUT2D eigenvalue weighted by molar-refractivity contribution is 6.30. The Morgan fingerprint density at radius 2 is 1.91 bits per heavy atom. The monoisotopic (exact) mass is 450 g/mol. The van der Waals surface area contributed by atoms with E-state index in [4.69, 9.17) is 21.0 Å². The molecule has 1 fully saturated rings. The summed E-state index contributed by atoms with van der Waals surface area (Å²) in [4.78, 5) is 38.7. The molecule has 1 aromatic carbocycles. The van der Waals surface area contributed by atoms with Crippen molar-refractivity contribution in [3.8, 4) is 0 Å². The first-order valence-electron chi connectivity index (χ1n) is 10.7. The number of rotatable bonds is 3. The minimum absolute atomic E-state index is 0.0543. The highest BCUT2D eigenvalue weighted by Crippen LogP contribution is 2.34. The van der Waals surface area contributed by atoms with Crippen molar-refractivity contribution in [1.29, 1.82) is 0 Å². The average molecular weight is 451 g/mol. The van der Waals surface area contributed by atoms with Gasteiger partial charge in [-0.3, -0.25) is 9.59 Å². The van der Waals surface area contributed by atoms with Crippen LogP contribution in [-0.4, -0.2) is 52.7 Å². The molecule has 8 heteroatoms. The number of anilines is 1. The van der Waals surface area contributed by atoms with E-state index < -0.39 is 0 Å². The number of benzene rings is 1. The minimum Gasteiger partial charge on any atom is -0.459 e. The third-order valence-corrected chi connectivity index (χ3v) is 6.44. The van der Waals surface area contributed by atoms with Gasteiger partial charge < -0.3 is 14.2 Å². The minimum atomic E-state index is -0.104. The number of ketones is 1. The van der Waals surface area contributed by atoms with Gasteiger partial charge in [-0.2, -0.15) is 0 Å². The van der Waals surface area contributed by atoms with E-state index in [1.54, 1.807) is 17.0 Å². The maximum Gasteiger partial charge on any atom is 0.289 e. The third-order valence-electron chi connectivity index (χ3n) is 6.21. The number of nitrogens with zero attached hydrogens (tertiary/aromatic N) is 4. The highest BCUT2D eigenvalue weighted by atomic mass is 35.5. The molecule has 0 bridgehead atoms. The molecule has 1 saturated heterocycles. The van der Waals surface area contributed by atoms with Crippen LogP contribution in [-0.2, 0) is 6.42 Å². The fourth-order valence-electron chi connectivity index (χ4n) is 4.56. The molecule has 0 N–H and O–H groups in total. The van der Waals surface area contributed by atoms with E-state index in [1.165, 1.54) is 6.26 Å². The topological polar surface area (TPSA) is 79.5 Å². The number of amides is 1. The Morgan fingerprint density at radius 1 is 1.09 bits per heavy atom. The number of aryl methyl sites for hydroxylation is 1. The molecule has 7 nitrogen and oxygen atoms in total. The molecular weight excluding hydrogens is 428 g/mol. The summed E-state index contributed by atoms with van der Waals surface area (Å²) in [7, 11) is 0. The average Bonchev–Trinajstić information content (AvgIpc) is 3.33.